The Balaban J connectivity index is 1.80. The normalized spacial score (nSPS) is 14.6. The lowest BCUT2D eigenvalue weighted by molar-refractivity contribution is 0.354. The number of anilines is 1. The van der Waals surface area contributed by atoms with Crippen LogP contribution in [-0.2, 0) is 0 Å². The van der Waals surface area contributed by atoms with Crippen molar-refractivity contribution in [3.63, 3.8) is 0 Å². The van der Waals surface area contributed by atoms with Gasteiger partial charge in [-0.2, -0.15) is 0 Å². The summed E-state index contributed by atoms with van der Waals surface area (Å²) in [6.45, 7) is 0. The molecule has 0 spiro atoms. The molecule has 5 rings (SSSR count). The molecule has 0 saturated carbocycles. The van der Waals surface area contributed by atoms with Crippen LogP contribution < -0.4 is 20.3 Å². The summed E-state index contributed by atoms with van der Waals surface area (Å²) < 4.78 is 12.5. The van der Waals surface area contributed by atoms with Gasteiger partial charge in [-0.1, -0.05) is 30.3 Å². The molecule has 4 aromatic rings. The number of benzene rings is 3. The highest BCUT2D eigenvalue weighted by Gasteiger charge is 2.28. The van der Waals surface area contributed by atoms with Gasteiger partial charge in [-0.25, -0.2) is 4.98 Å². The lowest BCUT2D eigenvalue weighted by Gasteiger charge is -2.31. The van der Waals surface area contributed by atoms with Crippen LogP contribution in [0.4, 0.5) is 5.69 Å². The number of fused-ring (bicyclic) bond motifs is 4. The van der Waals surface area contributed by atoms with Crippen molar-refractivity contribution in [2.45, 2.75) is 6.17 Å². The number of methoxy groups -OCH3 is 2. The van der Waals surface area contributed by atoms with Crippen molar-refractivity contribution in [2.75, 3.05) is 19.5 Å². The highest BCUT2D eigenvalue weighted by molar-refractivity contribution is 5.84. The summed E-state index contributed by atoms with van der Waals surface area (Å²) in [5, 5.41) is 4.08. The van der Waals surface area contributed by atoms with E-state index in [1.807, 2.05) is 66.7 Å². The van der Waals surface area contributed by atoms with Crippen LogP contribution >= 0.6 is 0 Å². The first-order chi connectivity index (χ1) is 14.2. The molecule has 1 aromatic heterocycles. The van der Waals surface area contributed by atoms with Crippen LogP contribution in [-0.4, -0.2) is 23.8 Å². The summed E-state index contributed by atoms with van der Waals surface area (Å²) in [5.41, 5.74) is 3.29. The van der Waals surface area contributed by atoms with Crippen molar-refractivity contribution in [3.05, 3.63) is 82.6 Å². The number of ether oxygens (including phenoxy) is 2. The maximum Gasteiger partial charge on any atom is 0.263 e. The molecule has 6 nitrogen and oxygen atoms in total. The third-order valence-electron chi connectivity index (χ3n) is 5.25. The van der Waals surface area contributed by atoms with E-state index in [2.05, 4.69) is 5.32 Å². The van der Waals surface area contributed by atoms with Gasteiger partial charge >= 0.3 is 0 Å². The van der Waals surface area contributed by atoms with Crippen molar-refractivity contribution in [3.8, 4) is 22.9 Å². The molecule has 144 valence electrons. The second-order valence-electron chi connectivity index (χ2n) is 6.83. The molecule has 0 radical (unpaired) electrons. The largest absolute Gasteiger partial charge is 0.493 e. The Morgan fingerprint density at radius 1 is 0.931 bits per heavy atom. The second kappa shape index (κ2) is 6.67. The zero-order valence-electron chi connectivity index (χ0n) is 16.0. The van der Waals surface area contributed by atoms with Crippen molar-refractivity contribution in [1.82, 2.24) is 9.55 Å². The average molecular weight is 385 g/mol. The van der Waals surface area contributed by atoms with Gasteiger partial charge in [0.05, 0.1) is 25.1 Å². The minimum Gasteiger partial charge on any atom is -0.493 e. The monoisotopic (exact) mass is 385 g/mol. The molecule has 1 unspecified atom stereocenters. The van der Waals surface area contributed by atoms with E-state index in [1.165, 1.54) is 0 Å². The predicted molar refractivity (Wildman–Crippen MR) is 113 cm³/mol. The Bertz CT molecular complexity index is 1300. The quantitative estimate of drug-likeness (QED) is 0.576. The van der Waals surface area contributed by atoms with Gasteiger partial charge in [0.25, 0.3) is 5.56 Å². The van der Waals surface area contributed by atoms with Crippen molar-refractivity contribution in [1.29, 1.82) is 0 Å². The van der Waals surface area contributed by atoms with Gasteiger partial charge in [0.2, 0.25) is 0 Å². The molecule has 1 N–H and O–H groups in total. The summed E-state index contributed by atoms with van der Waals surface area (Å²) >= 11 is 0. The first kappa shape index (κ1) is 17.3. The fraction of sp³-hybridized carbons (Fsp3) is 0.130. The number of aromatic nitrogens is 2. The fourth-order valence-electron chi connectivity index (χ4n) is 3.85. The first-order valence-corrected chi connectivity index (χ1v) is 9.30. The van der Waals surface area contributed by atoms with Gasteiger partial charge in [0.15, 0.2) is 11.5 Å². The standard InChI is InChI=1S/C23H19N3O3/c1-28-19-12-11-14(13-20(19)29-2)21-24-17-9-5-3-7-15(17)22-25-18-10-6-4-8-16(18)23(27)26(21)22/h3-13,21,24H,1-2H3. The smallest absolute Gasteiger partial charge is 0.263 e. The molecule has 1 aliphatic rings. The maximum atomic E-state index is 13.5. The van der Waals surface area contributed by atoms with E-state index in [9.17, 15) is 4.79 Å². The van der Waals surface area contributed by atoms with E-state index in [-0.39, 0.29) is 5.56 Å². The lowest BCUT2D eigenvalue weighted by Crippen LogP contribution is -2.35. The Morgan fingerprint density at radius 2 is 1.69 bits per heavy atom. The molecule has 29 heavy (non-hydrogen) atoms. The molecule has 1 aliphatic heterocycles. The Hall–Kier alpha value is -3.80. The van der Waals surface area contributed by atoms with E-state index >= 15 is 0 Å². The van der Waals surface area contributed by atoms with E-state index in [4.69, 9.17) is 14.5 Å². The lowest BCUT2D eigenvalue weighted by atomic mass is 10.0. The molecule has 2 heterocycles. The van der Waals surface area contributed by atoms with Crippen molar-refractivity contribution < 1.29 is 9.47 Å². The number of para-hydroxylation sites is 2. The molecule has 1 atom stereocenters. The molecular formula is C23H19N3O3. The zero-order valence-corrected chi connectivity index (χ0v) is 16.0. The number of nitrogens with one attached hydrogen (secondary N) is 1. The fourth-order valence-corrected chi connectivity index (χ4v) is 3.85. The van der Waals surface area contributed by atoms with Gasteiger partial charge < -0.3 is 14.8 Å². The summed E-state index contributed by atoms with van der Waals surface area (Å²) in [7, 11) is 3.20. The Kier molecular flexibility index (Phi) is 3.98. The Labute approximate surface area is 167 Å². The van der Waals surface area contributed by atoms with E-state index in [1.54, 1.807) is 18.8 Å². The van der Waals surface area contributed by atoms with E-state index in [0.717, 1.165) is 16.8 Å². The number of hydrogen-bond donors (Lipinski definition) is 1. The van der Waals surface area contributed by atoms with Crippen LogP contribution in [0.15, 0.2) is 71.5 Å². The number of nitrogens with zero attached hydrogens (tertiary/aromatic N) is 2. The summed E-state index contributed by atoms with van der Waals surface area (Å²) in [4.78, 5) is 18.3. The minimum absolute atomic E-state index is 0.0904. The number of rotatable bonds is 3. The van der Waals surface area contributed by atoms with Crippen LogP contribution in [0.1, 0.15) is 11.7 Å². The van der Waals surface area contributed by atoms with Crippen LogP contribution in [0, 0.1) is 0 Å². The second-order valence-corrected chi connectivity index (χ2v) is 6.83. The van der Waals surface area contributed by atoms with E-state index in [0.29, 0.717) is 28.2 Å². The first-order valence-electron chi connectivity index (χ1n) is 9.30. The average Bonchev–Trinajstić information content (AvgIpc) is 2.78. The van der Waals surface area contributed by atoms with Gasteiger partial charge in [-0.05, 0) is 42.0 Å². The molecule has 0 fully saturated rings. The minimum atomic E-state index is -0.427. The summed E-state index contributed by atoms with van der Waals surface area (Å²) in [5.74, 6) is 1.88. The van der Waals surface area contributed by atoms with Gasteiger partial charge in [0, 0.05) is 11.3 Å². The van der Waals surface area contributed by atoms with E-state index < -0.39 is 6.17 Å². The molecule has 0 bridgehead atoms. The van der Waals surface area contributed by atoms with Gasteiger partial charge in [-0.3, -0.25) is 9.36 Å². The zero-order chi connectivity index (χ0) is 20.0. The molecule has 0 aliphatic carbocycles. The third-order valence-corrected chi connectivity index (χ3v) is 5.25. The van der Waals surface area contributed by atoms with Crippen LogP contribution in [0.3, 0.4) is 0 Å². The predicted octanol–water partition coefficient (Wildman–Crippen LogP) is 4.05. The van der Waals surface area contributed by atoms with Gasteiger partial charge in [0.1, 0.15) is 12.0 Å². The maximum absolute atomic E-state index is 13.5. The molecule has 3 aromatic carbocycles. The third kappa shape index (κ3) is 2.64. The highest BCUT2D eigenvalue weighted by Crippen LogP contribution is 2.38. The summed E-state index contributed by atoms with van der Waals surface area (Å²) in [6, 6.07) is 21.0. The summed E-state index contributed by atoms with van der Waals surface area (Å²) in [6.07, 6.45) is -0.427. The van der Waals surface area contributed by atoms with Crippen molar-refractivity contribution in [2.24, 2.45) is 0 Å². The number of hydrogen-bond acceptors (Lipinski definition) is 5. The van der Waals surface area contributed by atoms with Crippen molar-refractivity contribution >= 4 is 16.6 Å². The Morgan fingerprint density at radius 3 is 2.52 bits per heavy atom. The molecule has 0 amide bonds. The SMILES string of the molecule is COc1ccc(C2Nc3ccccc3-c3nc4ccccc4c(=O)n32)cc1OC. The van der Waals surface area contributed by atoms with Crippen LogP contribution in [0.25, 0.3) is 22.3 Å². The highest BCUT2D eigenvalue weighted by atomic mass is 16.5. The van der Waals surface area contributed by atoms with Crippen LogP contribution in [0.2, 0.25) is 0 Å². The topological polar surface area (TPSA) is 65.4 Å². The van der Waals surface area contributed by atoms with Gasteiger partial charge in [-0.15, -0.1) is 0 Å². The molecule has 0 saturated heterocycles. The molecular weight excluding hydrogens is 366 g/mol. The van der Waals surface area contributed by atoms with Crippen LogP contribution in [0.5, 0.6) is 11.5 Å². The molecule has 6 heteroatoms.